The molecule has 1 N–H and O–H groups in total. The lowest BCUT2D eigenvalue weighted by Gasteiger charge is -2.35. The SMILES string of the molecule is CN(C)CC1CN(CC(O)COCc2ccc(Cl)cc2)CCO1. The molecular formula is C17H27ClN2O3. The third-order valence-electron chi connectivity index (χ3n) is 3.75. The third-order valence-corrected chi connectivity index (χ3v) is 4.00. The maximum absolute atomic E-state index is 10.2. The van der Waals surface area contributed by atoms with Gasteiger partial charge in [-0.15, -0.1) is 0 Å². The molecule has 130 valence electrons. The van der Waals surface area contributed by atoms with Crippen LogP contribution in [0.3, 0.4) is 0 Å². The van der Waals surface area contributed by atoms with Crippen LogP contribution in [-0.4, -0.2) is 80.6 Å². The zero-order valence-electron chi connectivity index (χ0n) is 13.9. The van der Waals surface area contributed by atoms with E-state index in [1.165, 1.54) is 0 Å². The average Bonchev–Trinajstić information content (AvgIpc) is 2.49. The van der Waals surface area contributed by atoms with E-state index in [4.69, 9.17) is 21.1 Å². The summed E-state index contributed by atoms with van der Waals surface area (Å²) < 4.78 is 11.3. The summed E-state index contributed by atoms with van der Waals surface area (Å²) in [6.45, 7) is 4.77. The molecule has 0 amide bonds. The Labute approximate surface area is 143 Å². The predicted octanol–water partition coefficient (Wildman–Crippen LogP) is 1.48. The number of β-amino-alcohol motifs (C(OH)–C–C–N with tert-alkyl or cyclic N) is 1. The summed E-state index contributed by atoms with van der Waals surface area (Å²) in [4.78, 5) is 4.37. The van der Waals surface area contributed by atoms with E-state index in [-0.39, 0.29) is 6.10 Å². The van der Waals surface area contributed by atoms with Crippen LogP contribution < -0.4 is 0 Å². The zero-order valence-corrected chi connectivity index (χ0v) is 14.7. The topological polar surface area (TPSA) is 45.2 Å². The molecule has 0 saturated carbocycles. The summed E-state index contributed by atoms with van der Waals surface area (Å²) in [6, 6.07) is 7.55. The van der Waals surface area contributed by atoms with E-state index in [1.807, 2.05) is 38.4 Å². The van der Waals surface area contributed by atoms with Gasteiger partial charge in [0.25, 0.3) is 0 Å². The van der Waals surface area contributed by atoms with Gasteiger partial charge in [0.05, 0.1) is 32.0 Å². The number of nitrogens with zero attached hydrogens (tertiary/aromatic N) is 2. The average molecular weight is 343 g/mol. The van der Waals surface area contributed by atoms with E-state index >= 15 is 0 Å². The molecule has 1 aliphatic rings. The van der Waals surface area contributed by atoms with E-state index in [2.05, 4.69) is 9.80 Å². The summed E-state index contributed by atoms with van der Waals surface area (Å²) in [6.07, 6.45) is -0.277. The maximum atomic E-state index is 10.2. The van der Waals surface area contributed by atoms with Crippen LogP contribution in [0.5, 0.6) is 0 Å². The van der Waals surface area contributed by atoms with E-state index in [0.717, 1.165) is 31.8 Å². The molecule has 2 atom stereocenters. The largest absolute Gasteiger partial charge is 0.389 e. The minimum atomic E-state index is -0.486. The number of ether oxygens (including phenoxy) is 2. The van der Waals surface area contributed by atoms with Crippen molar-refractivity contribution in [3.8, 4) is 0 Å². The summed E-state index contributed by atoms with van der Waals surface area (Å²) in [5.74, 6) is 0. The lowest BCUT2D eigenvalue weighted by molar-refractivity contribution is -0.0584. The van der Waals surface area contributed by atoms with E-state index in [9.17, 15) is 5.11 Å². The molecule has 2 rings (SSSR count). The second kappa shape index (κ2) is 9.57. The van der Waals surface area contributed by atoms with Gasteiger partial charge in [-0.2, -0.15) is 0 Å². The van der Waals surface area contributed by atoms with Gasteiger partial charge in [-0.1, -0.05) is 23.7 Å². The predicted molar refractivity (Wildman–Crippen MR) is 91.8 cm³/mol. The van der Waals surface area contributed by atoms with Crippen molar-refractivity contribution < 1.29 is 14.6 Å². The first-order valence-corrected chi connectivity index (χ1v) is 8.39. The summed E-state index contributed by atoms with van der Waals surface area (Å²) >= 11 is 5.85. The molecule has 0 aromatic heterocycles. The van der Waals surface area contributed by atoms with Crippen LogP contribution in [0.25, 0.3) is 0 Å². The monoisotopic (exact) mass is 342 g/mol. The molecule has 23 heavy (non-hydrogen) atoms. The van der Waals surface area contributed by atoms with Crippen LogP contribution in [0.4, 0.5) is 0 Å². The molecule has 1 aromatic rings. The molecule has 1 fully saturated rings. The van der Waals surface area contributed by atoms with Crippen LogP contribution in [0, 0.1) is 0 Å². The normalized spacial score (nSPS) is 20.8. The zero-order chi connectivity index (χ0) is 16.7. The second-order valence-electron chi connectivity index (χ2n) is 6.31. The fourth-order valence-electron chi connectivity index (χ4n) is 2.71. The van der Waals surface area contributed by atoms with Crippen LogP contribution >= 0.6 is 11.6 Å². The van der Waals surface area contributed by atoms with Crippen molar-refractivity contribution in [3.05, 3.63) is 34.9 Å². The van der Waals surface area contributed by atoms with Crippen molar-refractivity contribution in [2.75, 3.05) is 53.5 Å². The number of aliphatic hydroxyl groups excluding tert-OH is 1. The van der Waals surface area contributed by atoms with Crippen molar-refractivity contribution in [2.45, 2.75) is 18.8 Å². The number of hydrogen-bond acceptors (Lipinski definition) is 5. The van der Waals surface area contributed by atoms with Crippen LogP contribution in [0.15, 0.2) is 24.3 Å². The number of benzene rings is 1. The Morgan fingerprint density at radius 1 is 1.39 bits per heavy atom. The lowest BCUT2D eigenvalue weighted by Crippen LogP contribution is -2.49. The van der Waals surface area contributed by atoms with Crippen LogP contribution in [0.1, 0.15) is 5.56 Å². The van der Waals surface area contributed by atoms with Gasteiger partial charge in [0.2, 0.25) is 0 Å². The first kappa shape index (κ1) is 18.6. The Bertz CT molecular complexity index is 456. The van der Waals surface area contributed by atoms with Gasteiger partial charge >= 0.3 is 0 Å². The quantitative estimate of drug-likeness (QED) is 0.775. The van der Waals surface area contributed by atoms with Gasteiger partial charge in [0, 0.05) is 31.2 Å². The Kier molecular flexibility index (Phi) is 7.76. The van der Waals surface area contributed by atoms with Gasteiger partial charge in [0.15, 0.2) is 0 Å². The van der Waals surface area contributed by atoms with Crippen LogP contribution in [0.2, 0.25) is 5.02 Å². The summed E-state index contributed by atoms with van der Waals surface area (Å²) in [5.41, 5.74) is 1.05. The number of morpholine rings is 1. The Morgan fingerprint density at radius 3 is 2.83 bits per heavy atom. The number of hydrogen-bond donors (Lipinski definition) is 1. The highest BCUT2D eigenvalue weighted by Crippen LogP contribution is 2.11. The number of halogens is 1. The van der Waals surface area contributed by atoms with E-state index in [1.54, 1.807) is 0 Å². The van der Waals surface area contributed by atoms with Crippen LogP contribution in [-0.2, 0) is 16.1 Å². The highest BCUT2D eigenvalue weighted by Gasteiger charge is 2.22. The molecule has 5 nitrogen and oxygen atoms in total. The molecule has 1 aromatic carbocycles. The Morgan fingerprint density at radius 2 is 2.13 bits per heavy atom. The molecule has 0 bridgehead atoms. The van der Waals surface area contributed by atoms with Crippen molar-refractivity contribution >= 4 is 11.6 Å². The van der Waals surface area contributed by atoms with Gasteiger partial charge in [0.1, 0.15) is 0 Å². The standard InChI is InChI=1S/C17H27ClN2O3/c1-19(2)10-17-11-20(7-8-23-17)9-16(21)13-22-12-14-3-5-15(18)6-4-14/h3-6,16-17,21H,7-13H2,1-2H3. The molecule has 2 unspecified atom stereocenters. The molecule has 1 saturated heterocycles. The fraction of sp³-hybridized carbons (Fsp3) is 0.647. The third kappa shape index (κ3) is 7.16. The summed E-state index contributed by atoms with van der Waals surface area (Å²) in [7, 11) is 4.09. The second-order valence-corrected chi connectivity index (χ2v) is 6.75. The van der Waals surface area contributed by atoms with Crippen molar-refractivity contribution in [1.82, 2.24) is 9.80 Å². The maximum Gasteiger partial charge on any atom is 0.0900 e. The first-order chi connectivity index (χ1) is 11.0. The molecule has 1 heterocycles. The minimum Gasteiger partial charge on any atom is -0.389 e. The Balaban J connectivity index is 1.65. The fourth-order valence-corrected chi connectivity index (χ4v) is 2.83. The van der Waals surface area contributed by atoms with Gasteiger partial charge in [-0.05, 0) is 31.8 Å². The molecule has 0 radical (unpaired) electrons. The van der Waals surface area contributed by atoms with E-state index in [0.29, 0.717) is 24.8 Å². The van der Waals surface area contributed by atoms with Gasteiger partial charge < -0.3 is 19.5 Å². The van der Waals surface area contributed by atoms with Gasteiger partial charge in [-0.3, -0.25) is 4.90 Å². The lowest BCUT2D eigenvalue weighted by atomic mass is 10.2. The van der Waals surface area contributed by atoms with Crippen molar-refractivity contribution in [3.63, 3.8) is 0 Å². The molecular weight excluding hydrogens is 316 g/mol. The van der Waals surface area contributed by atoms with Crippen molar-refractivity contribution in [2.24, 2.45) is 0 Å². The molecule has 6 heteroatoms. The Hall–Kier alpha value is -0.690. The minimum absolute atomic E-state index is 0.209. The van der Waals surface area contributed by atoms with Gasteiger partial charge in [-0.25, -0.2) is 0 Å². The number of likely N-dealkylation sites (N-methyl/N-ethyl adjacent to an activating group) is 1. The highest BCUT2D eigenvalue weighted by molar-refractivity contribution is 6.30. The molecule has 0 spiro atoms. The molecule has 0 aliphatic carbocycles. The van der Waals surface area contributed by atoms with Crippen molar-refractivity contribution in [1.29, 1.82) is 0 Å². The smallest absolute Gasteiger partial charge is 0.0900 e. The number of aliphatic hydroxyl groups is 1. The summed E-state index contributed by atoms with van der Waals surface area (Å²) in [5, 5.41) is 10.9. The number of rotatable bonds is 8. The van der Waals surface area contributed by atoms with E-state index < -0.39 is 6.10 Å². The first-order valence-electron chi connectivity index (χ1n) is 8.02. The highest BCUT2D eigenvalue weighted by atomic mass is 35.5. The molecule has 1 aliphatic heterocycles.